The predicted octanol–water partition coefficient (Wildman–Crippen LogP) is 5.90. The van der Waals surface area contributed by atoms with Gasteiger partial charge in [0.15, 0.2) is 6.61 Å². The second kappa shape index (κ2) is 9.31. The van der Waals surface area contributed by atoms with Gasteiger partial charge >= 0.3 is 5.97 Å². The fraction of sp³-hybridized carbons (Fsp3) is 0.148. The summed E-state index contributed by atoms with van der Waals surface area (Å²) in [6, 6.07) is 21.3. The van der Waals surface area contributed by atoms with E-state index in [9.17, 15) is 14.0 Å². The Kier molecular flexibility index (Phi) is 6.05. The number of hydrogen-bond donors (Lipinski definition) is 0. The van der Waals surface area contributed by atoms with Gasteiger partial charge in [0.25, 0.3) is 5.91 Å². The topological polar surface area (TPSA) is 64.4 Å². The van der Waals surface area contributed by atoms with Gasteiger partial charge in [0.2, 0.25) is 0 Å². The SMILES string of the molecule is CCN(C(=O)COC(=O)c1cc2c(C)nn(-c3ccc(F)cc3)c2s1)c1cccc2ccccc12. The number of carbonyl (C=O) groups is 2. The first-order valence-electron chi connectivity index (χ1n) is 11.2. The summed E-state index contributed by atoms with van der Waals surface area (Å²) in [6.07, 6.45) is 0. The summed E-state index contributed by atoms with van der Waals surface area (Å²) in [4.78, 5) is 28.6. The fourth-order valence-corrected chi connectivity index (χ4v) is 5.18. The summed E-state index contributed by atoms with van der Waals surface area (Å²) < 4.78 is 20.4. The number of esters is 1. The molecule has 35 heavy (non-hydrogen) atoms. The van der Waals surface area contributed by atoms with Crippen molar-refractivity contribution in [2.45, 2.75) is 13.8 Å². The molecule has 1 amide bonds. The summed E-state index contributed by atoms with van der Waals surface area (Å²) in [5.74, 6) is -1.20. The minimum Gasteiger partial charge on any atom is -0.451 e. The van der Waals surface area contributed by atoms with Crippen LogP contribution in [0.25, 0.3) is 26.7 Å². The van der Waals surface area contributed by atoms with Crippen molar-refractivity contribution in [2.24, 2.45) is 0 Å². The van der Waals surface area contributed by atoms with Gasteiger partial charge in [-0.05, 0) is 55.6 Å². The van der Waals surface area contributed by atoms with Crippen LogP contribution in [0.15, 0.2) is 72.8 Å². The van der Waals surface area contributed by atoms with Crippen LogP contribution in [-0.4, -0.2) is 34.8 Å². The van der Waals surface area contributed by atoms with Crippen LogP contribution >= 0.6 is 11.3 Å². The van der Waals surface area contributed by atoms with E-state index in [-0.39, 0.29) is 18.3 Å². The third-order valence-corrected chi connectivity index (χ3v) is 6.91. The highest BCUT2D eigenvalue weighted by atomic mass is 32.1. The number of thiophene rings is 1. The van der Waals surface area contributed by atoms with Crippen molar-refractivity contribution in [3.05, 3.63) is 89.2 Å². The summed E-state index contributed by atoms with van der Waals surface area (Å²) in [5.41, 5.74) is 2.21. The molecule has 3 aromatic carbocycles. The molecule has 0 spiro atoms. The first kappa shape index (κ1) is 22.7. The maximum Gasteiger partial charge on any atom is 0.348 e. The maximum absolute atomic E-state index is 13.3. The lowest BCUT2D eigenvalue weighted by Gasteiger charge is -2.22. The molecule has 0 atom stereocenters. The molecule has 176 valence electrons. The number of hydrogen-bond acceptors (Lipinski definition) is 5. The molecule has 6 nitrogen and oxygen atoms in total. The highest BCUT2D eigenvalue weighted by Crippen LogP contribution is 2.31. The Bertz CT molecular complexity index is 1550. The van der Waals surface area contributed by atoms with E-state index < -0.39 is 5.97 Å². The van der Waals surface area contributed by atoms with E-state index in [2.05, 4.69) is 5.10 Å². The molecule has 0 aliphatic heterocycles. The molecule has 0 radical (unpaired) electrons. The number of nitrogens with zero attached hydrogens (tertiary/aromatic N) is 3. The van der Waals surface area contributed by atoms with Crippen LogP contribution in [0.1, 0.15) is 22.3 Å². The predicted molar refractivity (Wildman–Crippen MR) is 136 cm³/mol. The van der Waals surface area contributed by atoms with Gasteiger partial charge in [-0.2, -0.15) is 5.10 Å². The van der Waals surface area contributed by atoms with Gasteiger partial charge < -0.3 is 9.64 Å². The number of anilines is 1. The Morgan fingerprint density at radius 3 is 2.54 bits per heavy atom. The number of aryl methyl sites for hydroxylation is 1. The van der Waals surface area contributed by atoms with E-state index in [0.717, 1.165) is 32.4 Å². The molecule has 0 N–H and O–H groups in total. The minimum atomic E-state index is -0.571. The molecular weight excluding hydrogens is 465 g/mol. The normalized spacial score (nSPS) is 11.2. The first-order valence-corrected chi connectivity index (χ1v) is 12.0. The molecule has 2 aromatic heterocycles. The zero-order valence-corrected chi connectivity index (χ0v) is 20.0. The van der Waals surface area contributed by atoms with Crippen LogP contribution < -0.4 is 4.90 Å². The molecule has 8 heteroatoms. The van der Waals surface area contributed by atoms with Crippen molar-refractivity contribution in [1.82, 2.24) is 9.78 Å². The lowest BCUT2D eigenvalue weighted by atomic mass is 10.1. The monoisotopic (exact) mass is 487 g/mol. The number of fused-ring (bicyclic) bond motifs is 2. The highest BCUT2D eigenvalue weighted by molar-refractivity contribution is 7.20. The molecular formula is C27H22FN3O3S. The van der Waals surface area contributed by atoms with Gasteiger partial charge in [-0.15, -0.1) is 11.3 Å². The van der Waals surface area contributed by atoms with Crippen molar-refractivity contribution >= 4 is 49.9 Å². The number of carbonyl (C=O) groups excluding carboxylic acids is 2. The number of amides is 1. The molecule has 0 saturated heterocycles. The molecule has 0 saturated carbocycles. The van der Waals surface area contributed by atoms with Crippen LogP contribution in [0, 0.1) is 12.7 Å². The molecule has 0 aliphatic rings. The fourth-order valence-electron chi connectivity index (χ4n) is 4.11. The average Bonchev–Trinajstić information content (AvgIpc) is 3.44. The zero-order chi connectivity index (χ0) is 24.5. The number of halogens is 1. The molecule has 5 rings (SSSR count). The van der Waals surface area contributed by atoms with E-state index >= 15 is 0 Å². The molecule has 0 fully saturated rings. The third kappa shape index (κ3) is 4.28. The summed E-state index contributed by atoms with van der Waals surface area (Å²) in [5, 5.41) is 7.31. The van der Waals surface area contributed by atoms with E-state index in [1.165, 1.54) is 23.5 Å². The van der Waals surface area contributed by atoms with Gasteiger partial charge in [-0.3, -0.25) is 4.79 Å². The standard InChI is InChI=1S/C27H22FN3O3S/c1-3-30(23-10-6-8-18-7-4-5-9-21(18)23)25(32)16-34-27(33)24-15-22-17(2)29-31(26(22)35-24)20-13-11-19(28)12-14-20/h4-15H,3,16H2,1-2H3. The van der Waals surface area contributed by atoms with Crippen molar-refractivity contribution in [3.63, 3.8) is 0 Å². The summed E-state index contributed by atoms with van der Waals surface area (Å²) in [7, 11) is 0. The van der Waals surface area contributed by atoms with E-state index in [0.29, 0.717) is 17.1 Å². The quantitative estimate of drug-likeness (QED) is 0.280. The maximum atomic E-state index is 13.3. The van der Waals surface area contributed by atoms with E-state index in [1.807, 2.05) is 56.3 Å². The van der Waals surface area contributed by atoms with Crippen molar-refractivity contribution in [1.29, 1.82) is 0 Å². The minimum absolute atomic E-state index is 0.299. The van der Waals surface area contributed by atoms with Crippen molar-refractivity contribution < 1.29 is 18.7 Å². The molecule has 0 unspecified atom stereocenters. The number of aromatic nitrogens is 2. The lowest BCUT2D eigenvalue weighted by Crippen LogP contribution is -2.34. The highest BCUT2D eigenvalue weighted by Gasteiger charge is 2.21. The van der Waals surface area contributed by atoms with Crippen LogP contribution in [0.5, 0.6) is 0 Å². The smallest absolute Gasteiger partial charge is 0.348 e. The molecule has 0 aliphatic carbocycles. The Morgan fingerprint density at radius 1 is 1.03 bits per heavy atom. The Hall–Kier alpha value is -4.04. The van der Waals surface area contributed by atoms with Gasteiger partial charge in [-0.1, -0.05) is 36.4 Å². The molecule has 0 bridgehead atoms. The van der Waals surface area contributed by atoms with Gasteiger partial charge in [-0.25, -0.2) is 13.9 Å². The van der Waals surface area contributed by atoms with Crippen LogP contribution in [0.3, 0.4) is 0 Å². The van der Waals surface area contributed by atoms with Crippen LogP contribution in [0.2, 0.25) is 0 Å². The van der Waals surface area contributed by atoms with Gasteiger partial charge in [0.1, 0.15) is 15.5 Å². The van der Waals surface area contributed by atoms with Crippen molar-refractivity contribution in [3.8, 4) is 5.69 Å². The van der Waals surface area contributed by atoms with Gasteiger partial charge in [0, 0.05) is 17.3 Å². The lowest BCUT2D eigenvalue weighted by molar-refractivity contribution is -0.121. The largest absolute Gasteiger partial charge is 0.451 e. The van der Waals surface area contributed by atoms with Crippen LogP contribution in [0.4, 0.5) is 10.1 Å². The first-order chi connectivity index (χ1) is 17.0. The average molecular weight is 488 g/mol. The molecule has 2 heterocycles. The Labute approximate surface area is 205 Å². The van der Waals surface area contributed by atoms with Crippen molar-refractivity contribution in [2.75, 3.05) is 18.1 Å². The summed E-state index contributed by atoms with van der Waals surface area (Å²) in [6.45, 7) is 3.81. The zero-order valence-electron chi connectivity index (χ0n) is 19.2. The second-order valence-corrected chi connectivity index (χ2v) is 9.05. The Morgan fingerprint density at radius 2 is 1.77 bits per heavy atom. The number of rotatable bonds is 6. The number of benzene rings is 3. The number of ether oxygens (including phenoxy) is 1. The van der Waals surface area contributed by atoms with Gasteiger partial charge in [0.05, 0.1) is 17.1 Å². The van der Waals surface area contributed by atoms with E-state index in [4.69, 9.17) is 4.74 Å². The Balaban J connectivity index is 1.35. The third-order valence-electron chi connectivity index (χ3n) is 5.82. The van der Waals surface area contributed by atoms with E-state index in [1.54, 1.807) is 27.8 Å². The summed E-state index contributed by atoms with van der Waals surface area (Å²) >= 11 is 1.22. The van der Waals surface area contributed by atoms with Crippen LogP contribution in [-0.2, 0) is 9.53 Å². The number of likely N-dealkylation sites (N-methyl/N-ethyl adjacent to an activating group) is 1. The molecule has 5 aromatic rings. The second-order valence-electron chi connectivity index (χ2n) is 8.02.